The van der Waals surface area contributed by atoms with E-state index in [1.807, 2.05) is 5.38 Å². The Hall–Kier alpha value is -3.24. The Labute approximate surface area is 188 Å². The van der Waals surface area contributed by atoms with Crippen LogP contribution in [-0.4, -0.2) is 37.7 Å². The molecule has 10 heteroatoms. The first-order valence-corrected chi connectivity index (χ1v) is 12.2. The number of hydrogen-bond donors (Lipinski definition) is 2. The minimum atomic E-state index is -3.86. The van der Waals surface area contributed by atoms with Crippen molar-refractivity contribution < 1.29 is 22.4 Å². The van der Waals surface area contributed by atoms with Crippen molar-refractivity contribution in [2.24, 2.45) is 0 Å². The van der Waals surface area contributed by atoms with Gasteiger partial charge in [0.05, 0.1) is 9.77 Å². The van der Waals surface area contributed by atoms with E-state index in [9.17, 15) is 22.4 Å². The second kappa shape index (κ2) is 9.09. The van der Waals surface area contributed by atoms with Crippen LogP contribution < -0.4 is 10.0 Å². The summed E-state index contributed by atoms with van der Waals surface area (Å²) in [5, 5.41) is 4.62. The van der Waals surface area contributed by atoms with Gasteiger partial charge in [-0.15, -0.1) is 11.3 Å². The first-order valence-electron chi connectivity index (χ1n) is 9.87. The molecule has 2 amide bonds. The van der Waals surface area contributed by atoms with Crippen LogP contribution in [0.1, 0.15) is 22.5 Å². The van der Waals surface area contributed by atoms with Crippen molar-refractivity contribution in [1.82, 2.24) is 4.90 Å². The Morgan fingerprint density at radius 2 is 1.69 bits per heavy atom. The molecule has 2 N–H and O–H groups in total. The zero-order chi connectivity index (χ0) is 22.7. The lowest BCUT2D eigenvalue weighted by atomic mass is 10.2. The Morgan fingerprint density at radius 3 is 2.34 bits per heavy atom. The second-order valence-electron chi connectivity index (χ2n) is 7.26. The Balaban J connectivity index is 1.40. The number of anilines is 2. The summed E-state index contributed by atoms with van der Waals surface area (Å²) in [6, 6.07) is 13.7. The van der Waals surface area contributed by atoms with E-state index < -0.39 is 21.9 Å². The molecule has 1 aliphatic heterocycles. The number of thiophene rings is 1. The summed E-state index contributed by atoms with van der Waals surface area (Å²) in [5.41, 5.74) is 0.776. The average molecular weight is 474 g/mol. The standard InChI is InChI=1S/C22H20FN3O4S2/c23-15-5-11-18(12-6-15)32(29,30)25-17-9-7-16(8-10-17)24-21(27)19-3-1-13-26(19)22(28)20-4-2-14-31-20/h2,4-12,14,19,25H,1,3,13H2,(H,24,27). The molecule has 166 valence electrons. The van der Waals surface area contributed by atoms with E-state index in [1.165, 1.54) is 35.6 Å². The van der Waals surface area contributed by atoms with Crippen molar-refractivity contribution in [1.29, 1.82) is 0 Å². The summed E-state index contributed by atoms with van der Waals surface area (Å²) in [6.07, 6.45) is 1.33. The summed E-state index contributed by atoms with van der Waals surface area (Å²) >= 11 is 1.34. The first-order chi connectivity index (χ1) is 15.3. The largest absolute Gasteiger partial charge is 0.326 e. The molecule has 2 aromatic carbocycles. The van der Waals surface area contributed by atoms with Gasteiger partial charge in [0.1, 0.15) is 11.9 Å². The summed E-state index contributed by atoms with van der Waals surface area (Å²) in [6.45, 7) is 0.527. The van der Waals surface area contributed by atoms with E-state index in [2.05, 4.69) is 10.0 Å². The van der Waals surface area contributed by atoms with Gasteiger partial charge in [-0.25, -0.2) is 12.8 Å². The number of carbonyl (C=O) groups is 2. The molecule has 1 atom stereocenters. The highest BCUT2D eigenvalue weighted by Crippen LogP contribution is 2.24. The summed E-state index contributed by atoms with van der Waals surface area (Å²) in [7, 11) is -3.86. The molecule has 0 aliphatic carbocycles. The van der Waals surface area contributed by atoms with Crippen molar-refractivity contribution in [3.05, 3.63) is 76.7 Å². The van der Waals surface area contributed by atoms with E-state index in [1.54, 1.807) is 29.2 Å². The van der Waals surface area contributed by atoms with Crippen LogP contribution >= 0.6 is 11.3 Å². The Bertz CT molecular complexity index is 1210. The van der Waals surface area contributed by atoms with Crippen molar-refractivity contribution in [2.45, 2.75) is 23.8 Å². The molecule has 1 saturated heterocycles. The van der Waals surface area contributed by atoms with Gasteiger partial charge in [0.25, 0.3) is 15.9 Å². The number of benzene rings is 2. The second-order valence-corrected chi connectivity index (χ2v) is 9.89. The van der Waals surface area contributed by atoms with Gasteiger partial charge in [0.2, 0.25) is 5.91 Å². The van der Waals surface area contributed by atoms with Crippen LogP contribution in [-0.2, 0) is 14.8 Å². The predicted molar refractivity (Wildman–Crippen MR) is 121 cm³/mol. The number of halogens is 1. The van der Waals surface area contributed by atoms with Crippen LogP contribution in [0.3, 0.4) is 0 Å². The van der Waals surface area contributed by atoms with Crippen molar-refractivity contribution in [3.8, 4) is 0 Å². The van der Waals surface area contributed by atoms with Gasteiger partial charge in [-0.2, -0.15) is 0 Å². The minimum absolute atomic E-state index is 0.0620. The number of carbonyl (C=O) groups excluding carboxylic acids is 2. The number of nitrogens with zero attached hydrogens (tertiary/aromatic N) is 1. The number of rotatable bonds is 6. The molecule has 1 unspecified atom stereocenters. The highest BCUT2D eigenvalue weighted by atomic mass is 32.2. The molecule has 1 aromatic heterocycles. The van der Waals surface area contributed by atoms with Gasteiger partial charge in [0.15, 0.2) is 0 Å². The lowest BCUT2D eigenvalue weighted by molar-refractivity contribution is -0.119. The van der Waals surface area contributed by atoms with Crippen LogP contribution in [0.15, 0.2) is 70.9 Å². The van der Waals surface area contributed by atoms with E-state index in [0.29, 0.717) is 29.2 Å². The molecule has 32 heavy (non-hydrogen) atoms. The van der Waals surface area contributed by atoms with E-state index in [4.69, 9.17) is 0 Å². The maximum Gasteiger partial charge on any atom is 0.264 e. The third-order valence-electron chi connectivity index (χ3n) is 5.08. The molecule has 0 radical (unpaired) electrons. The van der Waals surface area contributed by atoms with Crippen LogP contribution in [0, 0.1) is 5.82 Å². The molecule has 0 saturated carbocycles. The predicted octanol–water partition coefficient (Wildman–Crippen LogP) is 3.93. The molecule has 0 bridgehead atoms. The third kappa shape index (κ3) is 4.81. The smallest absolute Gasteiger partial charge is 0.264 e. The first kappa shape index (κ1) is 22.0. The van der Waals surface area contributed by atoms with Gasteiger partial charge < -0.3 is 10.2 Å². The summed E-state index contributed by atoms with van der Waals surface area (Å²) in [4.78, 5) is 27.6. The van der Waals surface area contributed by atoms with E-state index in [-0.39, 0.29) is 16.7 Å². The summed E-state index contributed by atoms with van der Waals surface area (Å²) < 4.78 is 40.3. The van der Waals surface area contributed by atoms with Gasteiger partial charge >= 0.3 is 0 Å². The fourth-order valence-corrected chi connectivity index (χ4v) is 5.24. The van der Waals surface area contributed by atoms with Gasteiger partial charge in [-0.1, -0.05) is 6.07 Å². The summed E-state index contributed by atoms with van der Waals surface area (Å²) in [5.74, 6) is -0.961. The number of amides is 2. The lowest BCUT2D eigenvalue weighted by Crippen LogP contribution is -2.42. The number of nitrogens with one attached hydrogen (secondary N) is 2. The molecule has 4 rings (SSSR count). The fourth-order valence-electron chi connectivity index (χ4n) is 3.50. The van der Waals surface area contributed by atoms with E-state index in [0.717, 1.165) is 18.6 Å². The molecule has 3 aromatic rings. The third-order valence-corrected chi connectivity index (χ3v) is 7.33. The molecular formula is C22H20FN3O4S2. The monoisotopic (exact) mass is 473 g/mol. The minimum Gasteiger partial charge on any atom is -0.326 e. The van der Waals surface area contributed by atoms with E-state index >= 15 is 0 Å². The highest BCUT2D eigenvalue weighted by molar-refractivity contribution is 7.92. The van der Waals surface area contributed by atoms with Gasteiger partial charge in [-0.3, -0.25) is 14.3 Å². The Kier molecular flexibility index (Phi) is 6.24. The Morgan fingerprint density at radius 1 is 1.00 bits per heavy atom. The topological polar surface area (TPSA) is 95.6 Å². The van der Waals surface area contributed by atoms with Crippen molar-refractivity contribution in [3.63, 3.8) is 0 Å². The van der Waals surface area contributed by atoms with Crippen molar-refractivity contribution >= 4 is 44.5 Å². The normalized spacial score (nSPS) is 16.0. The maximum absolute atomic E-state index is 13.0. The van der Waals surface area contributed by atoms with Crippen LogP contribution in [0.4, 0.5) is 15.8 Å². The van der Waals surface area contributed by atoms with Gasteiger partial charge in [0, 0.05) is 17.9 Å². The average Bonchev–Trinajstić information content (AvgIpc) is 3.47. The quantitative estimate of drug-likeness (QED) is 0.567. The SMILES string of the molecule is O=C(Nc1ccc(NS(=O)(=O)c2ccc(F)cc2)cc1)C1CCCN1C(=O)c1cccs1. The lowest BCUT2D eigenvalue weighted by Gasteiger charge is -2.23. The molecular weight excluding hydrogens is 453 g/mol. The molecule has 1 aliphatic rings. The van der Waals surface area contributed by atoms with Gasteiger partial charge in [-0.05, 0) is 72.8 Å². The number of hydrogen-bond acceptors (Lipinski definition) is 5. The maximum atomic E-state index is 13.0. The molecule has 1 fully saturated rings. The van der Waals surface area contributed by atoms with Crippen LogP contribution in [0.2, 0.25) is 0 Å². The zero-order valence-corrected chi connectivity index (χ0v) is 18.5. The number of likely N-dealkylation sites (tertiary alicyclic amines) is 1. The number of sulfonamides is 1. The zero-order valence-electron chi connectivity index (χ0n) is 16.8. The molecule has 0 spiro atoms. The molecule has 7 nitrogen and oxygen atoms in total. The highest BCUT2D eigenvalue weighted by Gasteiger charge is 2.34. The fraction of sp³-hybridized carbons (Fsp3) is 0.182. The van der Waals surface area contributed by atoms with Crippen LogP contribution in [0.25, 0.3) is 0 Å². The van der Waals surface area contributed by atoms with Crippen LogP contribution in [0.5, 0.6) is 0 Å². The van der Waals surface area contributed by atoms with Crippen molar-refractivity contribution in [2.75, 3.05) is 16.6 Å². The molecule has 2 heterocycles.